The van der Waals surface area contributed by atoms with Crippen molar-refractivity contribution < 1.29 is 15.0 Å². The molecular weight excluding hydrogens is 170 g/mol. The number of aliphatic carboxylic acids is 1. The van der Waals surface area contributed by atoms with Gasteiger partial charge in [0.15, 0.2) is 0 Å². The molecule has 1 unspecified atom stereocenters. The van der Waals surface area contributed by atoms with E-state index in [9.17, 15) is 9.90 Å². The Kier molecular flexibility index (Phi) is 4.10. The summed E-state index contributed by atoms with van der Waals surface area (Å²) < 4.78 is 0. The molecule has 1 atom stereocenters. The van der Waals surface area contributed by atoms with Crippen LogP contribution in [-0.4, -0.2) is 27.9 Å². The molecule has 0 heterocycles. The minimum absolute atomic E-state index is 0.170. The predicted molar refractivity (Wildman–Crippen MR) is 50.3 cm³/mol. The molecule has 0 aromatic carbocycles. The number of carbonyl (C=O) groups is 1. The van der Waals surface area contributed by atoms with E-state index in [2.05, 4.69) is 5.32 Å². The molecule has 0 rings (SSSR count). The molecule has 0 aliphatic heterocycles. The highest BCUT2D eigenvalue weighted by Crippen LogP contribution is 2.01. The van der Waals surface area contributed by atoms with Crippen molar-refractivity contribution in [2.75, 3.05) is 0 Å². The van der Waals surface area contributed by atoms with E-state index in [1.807, 2.05) is 0 Å². The molecule has 0 aliphatic carbocycles. The van der Waals surface area contributed by atoms with Gasteiger partial charge in [-0.1, -0.05) is 6.08 Å². The van der Waals surface area contributed by atoms with E-state index >= 15 is 0 Å². The van der Waals surface area contributed by atoms with Gasteiger partial charge in [0.05, 0.1) is 0 Å². The lowest BCUT2D eigenvalue weighted by Gasteiger charge is -2.22. The Morgan fingerprint density at radius 3 is 2.31 bits per heavy atom. The molecule has 4 heteroatoms. The maximum atomic E-state index is 10.4. The van der Waals surface area contributed by atoms with Crippen molar-refractivity contribution >= 4 is 5.97 Å². The van der Waals surface area contributed by atoms with Gasteiger partial charge in [0, 0.05) is 11.6 Å². The normalized spacial score (nSPS) is 15.6. The van der Waals surface area contributed by atoms with Crippen molar-refractivity contribution in [3.63, 3.8) is 0 Å². The maximum Gasteiger partial charge on any atom is 0.331 e. The van der Waals surface area contributed by atoms with Crippen LogP contribution in [0.2, 0.25) is 0 Å². The second kappa shape index (κ2) is 4.39. The zero-order chi connectivity index (χ0) is 10.6. The highest BCUT2D eigenvalue weighted by Gasteiger charge is 2.14. The first-order valence-electron chi connectivity index (χ1n) is 4.14. The molecule has 3 N–H and O–H groups in total. The average Bonchev–Trinajstić information content (AvgIpc) is 1.81. The monoisotopic (exact) mass is 187 g/mol. The lowest BCUT2D eigenvalue weighted by Crippen LogP contribution is -2.43. The molecule has 4 nitrogen and oxygen atoms in total. The van der Waals surface area contributed by atoms with Crippen molar-refractivity contribution in [3.8, 4) is 0 Å². The Labute approximate surface area is 78.3 Å². The van der Waals surface area contributed by atoms with Crippen LogP contribution < -0.4 is 5.32 Å². The Balaban J connectivity index is 4.23. The largest absolute Gasteiger partial charge is 0.478 e. The minimum atomic E-state index is -0.991. The predicted octanol–water partition coefficient (Wildman–Crippen LogP) is 0.724. The Bertz CT molecular complexity index is 215. The zero-order valence-corrected chi connectivity index (χ0v) is 8.46. The zero-order valence-electron chi connectivity index (χ0n) is 8.46. The molecular formula is C9H17NO3. The molecule has 0 bridgehead atoms. The van der Waals surface area contributed by atoms with Crippen LogP contribution in [0, 0.1) is 0 Å². The first-order chi connectivity index (χ1) is 5.72. The van der Waals surface area contributed by atoms with E-state index < -0.39 is 11.7 Å². The fraction of sp³-hybridized carbons (Fsp3) is 0.667. The van der Waals surface area contributed by atoms with E-state index in [1.165, 1.54) is 6.92 Å². The lowest BCUT2D eigenvalue weighted by atomic mass is 10.2. The van der Waals surface area contributed by atoms with Gasteiger partial charge >= 0.3 is 5.97 Å². The van der Waals surface area contributed by atoms with Crippen LogP contribution in [0.3, 0.4) is 0 Å². The second-order valence-electron chi connectivity index (χ2n) is 3.65. The van der Waals surface area contributed by atoms with Gasteiger partial charge in [-0.2, -0.15) is 0 Å². The number of carboxylic acid groups (broad SMARTS) is 1. The Hall–Kier alpha value is -0.870. The van der Waals surface area contributed by atoms with Gasteiger partial charge in [0.1, 0.15) is 5.72 Å². The molecule has 0 aliphatic rings. The van der Waals surface area contributed by atoms with Crippen LogP contribution in [0.15, 0.2) is 11.6 Å². The third-order valence-electron chi connectivity index (χ3n) is 1.42. The first-order valence-corrected chi connectivity index (χ1v) is 4.14. The van der Waals surface area contributed by atoms with Crippen LogP contribution in [0.25, 0.3) is 0 Å². The van der Waals surface area contributed by atoms with Crippen molar-refractivity contribution in [1.29, 1.82) is 0 Å². The summed E-state index contributed by atoms with van der Waals surface area (Å²) in [6, 6.07) is -0.170. The van der Waals surface area contributed by atoms with Crippen molar-refractivity contribution in [2.45, 2.75) is 39.5 Å². The molecule has 0 fully saturated rings. The maximum absolute atomic E-state index is 10.4. The highest BCUT2D eigenvalue weighted by atomic mass is 16.4. The van der Waals surface area contributed by atoms with E-state index in [0.717, 1.165) is 0 Å². The molecule has 0 saturated carbocycles. The molecule has 0 radical (unpaired) electrons. The summed E-state index contributed by atoms with van der Waals surface area (Å²) in [5, 5.41) is 20.7. The fourth-order valence-corrected chi connectivity index (χ4v) is 1.05. The molecule has 13 heavy (non-hydrogen) atoms. The van der Waals surface area contributed by atoms with E-state index in [1.54, 1.807) is 26.8 Å². The molecule has 0 aromatic rings. The topological polar surface area (TPSA) is 69.6 Å². The summed E-state index contributed by atoms with van der Waals surface area (Å²) in [7, 11) is 0. The summed E-state index contributed by atoms with van der Waals surface area (Å²) in [5.41, 5.74) is -0.724. The summed E-state index contributed by atoms with van der Waals surface area (Å²) >= 11 is 0. The number of rotatable bonds is 4. The van der Waals surface area contributed by atoms with E-state index in [4.69, 9.17) is 5.11 Å². The third-order valence-corrected chi connectivity index (χ3v) is 1.42. The highest BCUT2D eigenvalue weighted by molar-refractivity contribution is 5.85. The van der Waals surface area contributed by atoms with Gasteiger partial charge in [0.2, 0.25) is 0 Å². The summed E-state index contributed by atoms with van der Waals surface area (Å²) in [5.74, 6) is -0.940. The van der Waals surface area contributed by atoms with Crippen molar-refractivity contribution in [3.05, 3.63) is 11.6 Å². The number of carboxylic acids is 1. The fourth-order valence-electron chi connectivity index (χ4n) is 1.05. The number of hydrogen-bond donors (Lipinski definition) is 3. The molecule has 0 amide bonds. The quantitative estimate of drug-likeness (QED) is 0.448. The lowest BCUT2D eigenvalue weighted by molar-refractivity contribution is -0.132. The first kappa shape index (κ1) is 12.1. The van der Waals surface area contributed by atoms with Crippen LogP contribution in [-0.2, 0) is 4.79 Å². The van der Waals surface area contributed by atoms with Gasteiger partial charge in [-0.15, -0.1) is 0 Å². The number of hydrogen-bond acceptors (Lipinski definition) is 3. The van der Waals surface area contributed by atoms with Crippen molar-refractivity contribution in [1.82, 2.24) is 5.32 Å². The minimum Gasteiger partial charge on any atom is -0.478 e. The average molecular weight is 187 g/mol. The summed E-state index contributed by atoms with van der Waals surface area (Å²) in [6.45, 7) is 6.51. The molecule has 0 spiro atoms. The van der Waals surface area contributed by atoms with Crippen molar-refractivity contribution in [2.24, 2.45) is 0 Å². The Morgan fingerprint density at radius 2 is 2.00 bits per heavy atom. The van der Waals surface area contributed by atoms with Gasteiger partial charge in [-0.3, -0.25) is 5.32 Å². The van der Waals surface area contributed by atoms with E-state index in [-0.39, 0.29) is 11.6 Å². The van der Waals surface area contributed by atoms with Crippen LogP contribution in [0.4, 0.5) is 0 Å². The summed E-state index contributed by atoms with van der Waals surface area (Å²) in [6.07, 6.45) is 1.56. The second-order valence-corrected chi connectivity index (χ2v) is 3.65. The van der Waals surface area contributed by atoms with Gasteiger partial charge < -0.3 is 10.2 Å². The standard InChI is InChI=1S/C9H17NO3/c1-6(8(11)12)5-7(2)10-9(3,4)13/h5,7,10,13H,1-4H3,(H,11,12). The summed E-state index contributed by atoms with van der Waals surface area (Å²) in [4.78, 5) is 10.4. The van der Waals surface area contributed by atoms with Crippen LogP contribution in [0.1, 0.15) is 27.7 Å². The third kappa shape index (κ3) is 6.31. The van der Waals surface area contributed by atoms with Crippen LogP contribution >= 0.6 is 0 Å². The Morgan fingerprint density at radius 1 is 1.54 bits per heavy atom. The van der Waals surface area contributed by atoms with Crippen LogP contribution in [0.5, 0.6) is 0 Å². The number of nitrogens with one attached hydrogen (secondary N) is 1. The molecule has 0 saturated heterocycles. The molecule has 76 valence electrons. The van der Waals surface area contributed by atoms with Gasteiger partial charge in [-0.05, 0) is 27.7 Å². The molecule has 0 aromatic heterocycles. The SMILES string of the molecule is CC(=CC(C)NC(C)(C)O)C(=O)O. The van der Waals surface area contributed by atoms with Gasteiger partial charge in [-0.25, -0.2) is 4.79 Å². The number of aliphatic hydroxyl groups is 1. The van der Waals surface area contributed by atoms with Gasteiger partial charge in [0.25, 0.3) is 0 Å². The van der Waals surface area contributed by atoms with E-state index in [0.29, 0.717) is 0 Å². The smallest absolute Gasteiger partial charge is 0.331 e.